The average molecular weight is 566 g/mol. The third-order valence-electron chi connectivity index (χ3n) is 6.77. The lowest BCUT2D eigenvalue weighted by Gasteiger charge is -2.33. The number of benzene rings is 3. The molecule has 0 aromatic heterocycles. The lowest BCUT2D eigenvalue weighted by atomic mass is 10.1. The van der Waals surface area contributed by atoms with Crippen LogP contribution < -0.4 is 14.4 Å². The largest absolute Gasteiger partial charge is 0.497 e. The number of aryl methyl sites for hydroxylation is 1. The van der Waals surface area contributed by atoms with Gasteiger partial charge in [-0.25, -0.2) is 8.42 Å². The van der Waals surface area contributed by atoms with Gasteiger partial charge in [0.15, 0.2) is 0 Å². The van der Waals surface area contributed by atoms with Gasteiger partial charge in [-0.2, -0.15) is 0 Å². The van der Waals surface area contributed by atoms with Gasteiger partial charge in [-0.1, -0.05) is 67.9 Å². The molecule has 0 heterocycles. The summed E-state index contributed by atoms with van der Waals surface area (Å²) in [6, 6.07) is 21.4. The van der Waals surface area contributed by atoms with Gasteiger partial charge in [-0.3, -0.25) is 13.9 Å². The van der Waals surface area contributed by atoms with E-state index >= 15 is 0 Å². The van der Waals surface area contributed by atoms with Gasteiger partial charge >= 0.3 is 0 Å². The quantitative estimate of drug-likeness (QED) is 0.317. The highest BCUT2D eigenvalue weighted by atomic mass is 32.2. The fraction of sp³-hybridized carbons (Fsp3) is 0.355. The predicted molar refractivity (Wildman–Crippen MR) is 158 cm³/mol. The summed E-state index contributed by atoms with van der Waals surface area (Å²) in [5, 5.41) is 2.99. The number of nitrogens with one attached hydrogen (secondary N) is 1. The highest BCUT2D eigenvalue weighted by molar-refractivity contribution is 7.92. The molecule has 0 radical (unpaired) electrons. The molecule has 8 nitrogen and oxygen atoms in total. The van der Waals surface area contributed by atoms with Gasteiger partial charge in [0.05, 0.1) is 17.7 Å². The first-order chi connectivity index (χ1) is 19.1. The zero-order valence-electron chi connectivity index (χ0n) is 23.8. The fourth-order valence-corrected chi connectivity index (χ4v) is 5.81. The molecule has 1 N–H and O–H groups in total. The Hall–Kier alpha value is -3.85. The van der Waals surface area contributed by atoms with Gasteiger partial charge < -0.3 is 15.0 Å². The Morgan fingerprint density at radius 2 is 1.62 bits per heavy atom. The lowest BCUT2D eigenvalue weighted by molar-refractivity contribution is -0.140. The predicted octanol–water partition coefficient (Wildman–Crippen LogP) is 4.92. The fourth-order valence-electron chi connectivity index (χ4n) is 4.38. The molecule has 0 unspecified atom stereocenters. The highest BCUT2D eigenvalue weighted by Gasteiger charge is 2.34. The smallest absolute Gasteiger partial charge is 0.264 e. The van der Waals surface area contributed by atoms with Gasteiger partial charge in [-0.05, 0) is 56.5 Å². The number of carbonyl (C=O) groups excluding carboxylic acids is 2. The molecule has 40 heavy (non-hydrogen) atoms. The normalized spacial score (nSPS) is 12.7. The van der Waals surface area contributed by atoms with E-state index in [0.717, 1.165) is 21.9 Å². The van der Waals surface area contributed by atoms with Crippen molar-refractivity contribution in [3.63, 3.8) is 0 Å². The van der Waals surface area contributed by atoms with Crippen LogP contribution in [-0.2, 0) is 26.2 Å². The topological polar surface area (TPSA) is 96.0 Å². The van der Waals surface area contributed by atoms with Crippen LogP contribution in [0.3, 0.4) is 0 Å². The number of nitrogens with zero attached hydrogens (tertiary/aromatic N) is 2. The number of anilines is 1. The number of carbonyl (C=O) groups is 2. The van der Waals surface area contributed by atoms with Gasteiger partial charge in [-0.15, -0.1) is 0 Å². The Kier molecular flexibility index (Phi) is 10.7. The van der Waals surface area contributed by atoms with E-state index in [1.165, 1.54) is 24.1 Å². The number of rotatable bonds is 13. The first-order valence-corrected chi connectivity index (χ1v) is 14.9. The van der Waals surface area contributed by atoms with Gasteiger partial charge in [0.25, 0.3) is 10.0 Å². The summed E-state index contributed by atoms with van der Waals surface area (Å²) < 4.78 is 34.2. The average Bonchev–Trinajstić information content (AvgIpc) is 2.96. The minimum absolute atomic E-state index is 0.0532. The van der Waals surface area contributed by atoms with Crippen LogP contribution in [0.4, 0.5) is 5.69 Å². The molecule has 2 atom stereocenters. The minimum Gasteiger partial charge on any atom is -0.497 e. The van der Waals surface area contributed by atoms with Crippen molar-refractivity contribution in [2.75, 3.05) is 18.0 Å². The summed E-state index contributed by atoms with van der Waals surface area (Å²) in [7, 11) is -2.64. The molecule has 9 heteroatoms. The summed E-state index contributed by atoms with van der Waals surface area (Å²) in [4.78, 5) is 29.0. The SMILES string of the molecule is CC[C@@H](C)NC(=O)[C@@H](CC)N(Cc1cccc(C)c1)C(=O)CN(c1cccc(OC)c1)S(=O)(=O)c1ccccc1. The molecule has 3 rings (SSSR count). The molecule has 3 aromatic rings. The second-order valence-corrected chi connectivity index (χ2v) is 11.6. The maximum Gasteiger partial charge on any atom is 0.264 e. The monoisotopic (exact) mass is 565 g/mol. The van der Waals surface area contributed by atoms with Crippen molar-refractivity contribution in [3.8, 4) is 5.75 Å². The zero-order valence-corrected chi connectivity index (χ0v) is 24.6. The van der Waals surface area contributed by atoms with Crippen LogP contribution in [-0.4, -0.2) is 50.9 Å². The molecule has 0 fully saturated rings. The van der Waals surface area contributed by atoms with E-state index in [0.29, 0.717) is 12.2 Å². The van der Waals surface area contributed by atoms with Crippen LogP contribution in [0.15, 0.2) is 83.8 Å². The Morgan fingerprint density at radius 3 is 2.25 bits per heavy atom. The van der Waals surface area contributed by atoms with Crippen molar-refractivity contribution in [1.82, 2.24) is 10.2 Å². The molecule has 0 spiro atoms. The summed E-state index contributed by atoms with van der Waals surface area (Å²) >= 11 is 0. The Bertz CT molecular complexity index is 1390. The van der Waals surface area contributed by atoms with Crippen LogP contribution in [0.5, 0.6) is 5.75 Å². The Balaban J connectivity index is 2.07. The molecule has 0 aliphatic carbocycles. The van der Waals surface area contributed by atoms with Crippen molar-refractivity contribution >= 4 is 27.5 Å². The number of sulfonamides is 1. The van der Waals surface area contributed by atoms with E-state index in [1.807, 2.05) is 52.0 Å². The van der Waals surface area contributed by atoms with E-state index in [2.05, 4.69) is 5.32 Å². The summed E-state index contributed by atoms with van der Waals surface area (Å²) in [5.41, 5.74) is 2.15. The van der Waals surface area contributed by atoms with E-state index in [9.17, 15) is 18.0 Å². The van der Waals surface area contributed by atoms with E-state index < -0.39 is 28.5 Å². The van der Waals surface area contributed by atoms with Crippen LogP contribution >= 0.6 is 0 Å². The van der Waals surface area contributed by atoms with Crippen molar-refractivity contribution in [1.29, 1.82) is 0 Å². The molecule has 0 bridgehead atoms. The number of methoxy groups -OCH3 is 1. The summed E-state index contributed by atoms with van der Waals surface area (Å²) in [6.07, 6.45) is 1.11. The first-order valence-electron chi connectivity index (χ1n) is 13.5. The molecule has 2 amide bonds. The van der Waals surface area contributed by atoms with E-state index in [1.54, 1.807) is 42.5 Å². The molecular weight excluding hydrogens is 526 g/mol. The van der Waals surface area contributed by atoms with Crippen LogP contribution in [0.25, 0.3) is 0 Å². The minimum atomic E-state index is -4.13. The summed E-state index contributed by atoms with van der Waals surface area (Å²) in [5.74, 6) is -0.305. The van der Waals surface area contributed by atoms with Gasteiger partial charge in [0.2, 0.25) is 11.8 Å². The van der Waals surface area contributed by atoms with E-state index in [-0.39, 0.29) is 29.1 Å². The molecular formula is C31H39N3O5S. The van der Waals surface area contributed by atoms with Crippen LogP contribution in [0, 0.1) is 6.92 Å². The molecule has 0 saturated carbocycles. The van der Waals surface area contributed by atoms with Crippen LogP contribution in [0.1, 0.15) is 44.7 Å². The maximum atomic E-state index is 14.1. The number of hydrogen-bond acceptors (Lipinski definition) is 5. The van der Waals surface area contributed by atoms with Crippen molar-refractivity contribution < 1.29 is 22.7 Å². The summed E-state index contributed by atoms with van der Waals surface area (Å²) in [6.45, 7) is 7.35. The number of hydrogen-bond donors (Lipinski definition) is 1. The van der Waals surface area contributed by atoms with Crippen molar-refractivity contribution in [2.45, 2.75) is 64.1 Å². The molecule has 0 aliphatic rings. The maximum absolute atomic E-state index is 14.1. The molecule has 3 aromatic carbocycles. The first kappa shape index (κ1) is 30.7. The molecule has 0 aliphatic heterocycles. The second-order valence-electron chi connectivity index (χ2n) is 9.78. The standard InChI is InChI=1S/C31H39N3O5S/c1-6-24(4)32-31(36)29(7-2)33(21-25-14-11-13-23(3)19-25)30(35)22-34(26-15-12-16-27(20-26)39-5)40(37,38)28-17-9-8-10-18-28/h8-20,24,29H,6-7,21-22H2,1-5H3,(H,32,36)/t24-,29-/m1/s1. The lowest BCUT2D eigenvalue weighted by Crippen LogP contribution is -2.53. The van der Waals surface area contributed by atoms with Gasteiger partial charge in [0.1, 0.15) is 18.3 Å². The highest BCUT2D eigenvalue weighted by Crippen LogP contribution is 2.27. The third-order valence-corrected chi connectivity index (χ3v) is 8.56. The second kappa shape index (κ2) is 14.0. The van der Waals surface area contributed by atoms with Crippen molar-refractivity contribution in [2.24, 2.45) is 0 Å². The van der Waals surface area contributed by atoms with Crippen LogP contribution in [0.2, 0.25) is 0 Å². The third kappa shape index (κ3) is 7.63. The molecule has 214 valence electrons. The zero-order chi connectivity index (χ0) is 29.3. The number of ether oxygens (including phenoxy) is 1. The Labute approximate surface area is 238 Å². The van der Waals surface area contributed by atoms with Crippen molar-refractivity contribution in [3.05, 3.63) is 90.0 Å². The Morgan fingerprint density at radius 1 is 0.925 bits per heavy atom. The van der Waals surface area contributed by atoms with Gasteiger partial charge in [0, 0.05) is 18.7 Å². The van der Waals surface area contributed by atoms with E-state index in [4.69, 9.17) is 4.74 Å². The number of amides is 2. The molecule has 0 saturated heterocycles.